The quantitative estimate of drug-likeness (QED) is 0.801. The molecule has 3 nitrogen and oxygen atoms in total. The third-order valence-electron chi connectivity index (χ3n) is 2.20. The van der Waals surface area contributed by atoms with Gasteiger partial charge in [-0.1, -0.05) is 35.3 Å². The third kappa shape index (κ3) is 3.32. The zero-order chi connectivity index (χ0) is 12.3. The Morgan fingerprint density at radius 2 is 1.82 bits per heavy atom. The summed E-state index contributed by atoms with van der Waals surface area (Å²) in [5.41, 5.74) is 1.07. The summed E-state index contributed by atoms with van der Waals surface area (Å²) in [4.78, 5) is 8.36. The minimum atomic E-state index is 0.376. The lowest BCUT2D eigenvalue weighted by Crippen LogP contribution is -1.99. The molecule has 5 heteroatoms. The van der Waals surface area contributed by atoms with Crippen molar-refractivity contribution in [3.8, 4) is 5.88 Å². The van der Waals surface area contributed by atoms with E-state index < -0.39 is 0 Å². The molecular formula is C12H10Cl2N2O. The molecule has 1 heterocycles. The Labute approximate surface area is 109 Å². The van der Waals surface area contributed by atoms with Crippen molar-refractivity contribution in [3.63, 3.8) is 0 Å². The monoisotopic (exact) mass is 268 g/mol. The van der Waals surface area contributed by atoms with Crippen molar-refractivity contribution >= 4 is 23.2 Å². The number of nitrogens with zero attached hydrogens (tertiary/aromatic N) is 2. The van der Waals surface area contributed by atoms with Gasteiger partial charge in [-0.2, -0.15) is 4.98 Å². The van der Waals surface area contributed by atoms with Gasteiger partial charge in [0, 0.05) is 17.5 Å². The summed E-state index contributed by atoms with van der Waals surface area (Å²) in [5.74, 6) is 1.09. The zero-order valence-electron chi connectivity index (χ0n) is 9.15. The van der Waals surface area contributed by atoms with E-state index in [0.717, 1.165) is 5.56 Å². The van der Waals surface area contributed by atoms with Crippen LogP contribution < -0.4 is 4.74 Å². The summed E-state index contributed by atoms with van der Waals surface area (Å²) in [7, 11) is 1.55. The molecule has 0 saturated carbocycles. The van der Waals surface area contributed by atoms with Crippen molar-refractivity contribution < 1.29 is 4.74 Å². The molecule has 0 aliphatic rings. The Bertz CT molecular complexity index is 514. The molecule has 88 valence electrons. The number of hydrogen-bond donors (Lipinski definition) is 0. The average molecular weight is 269 g/mol. The van der Waals surface area contributed by atoms with Gasteiger partial charge < -0.3 is 4.74 Å². The van der Waals surface area contributed by atoms with E-state index in [-0.39, 0.29) is 0 Å². The molecule has 0 aliphatic carbocycles. The summed E-state index contributed by atoms with van der Waals surface area (Å²) < 4.78 is 5.04. The molecule has 0 aliphatic heterocycles. The van der Waals surface area contributed by atoms with Crippen LogP contribution in [-0.2, 0) is 6.42 Å². The lowest BCUT2D eigenvalue weighted by molar-refractivity contribution is 0.395. The normalized spacial score (nSPS) is 10.3. The molecule has 1 aromatic carbocycles. The Kier molecular flexibility index (Phi) is 3.82. The molecule has 0 spiro atoms. The summed E-state index contributed by atoms with van der Waals surface area (Å²) >= 11 is 11.7. The topological polar surface area (TPSA) is 35.0 Å². The first-order valence-electron chi connectivity index (χ1n) is 4.99. The molecule has 17 heavy (non-hydrogen) atoms. The summed E-state index contributed by atoms with van der Waals surface area (Å²) in [5, 5.41) is 1.08. The van der Waals surface area contributed by atoms with Gasteiger partial charge >= 0.3 is 0 Å². The highest BCUT2D eigenvalue weighted by atomic mass is 35.5. The fourth-order valence-electron chi connectivity index (χ4n) is 1.41. The number of hydrogen-bond acceptors (Lipinski definition) is 3. The minimum Gasteiger partial charge on any atom is -0.481 e. The first kappa shape index (κ1) is 12.1. The maximum absolute atomic E-state index is 5.87. The van der Waals surface area contributed by atoms with Crippen LogP contribution in [-0.4, -0.2) is 17.1 Å². The van der Waals surface area contributed by atoms with E-state index in [1.54, 1.807) is 13.2 Å². The molecule has 1 aromatic heterocycles. The summed E-state index contributed by atoms with van der Waals surface area (Å²) in [6.45, 7) is 0. The molecule has 0 saturated heterocycles. The number of halogens is 2. The van der Waals surface area contributed by atoms with E-state index in [0.29, 0.717) is 28.3 Å². The van der Waals surface area contributed by atoms with Gasteiger partial charge in [-0.05, 0) is 17.7 Å². The molecule has 0 amide bonds. The Morgan fingerprint density at radius 3 is 2.47 bits per heavy atom. The molecule has 2 rings (SSSR count). The van der Waals surface area contributed by atoms with Crippen molar-refractivity contribution in [2.75, 3.05) is 7.11 Å². The lowest BCUT2D eigenvalue weighted by atomic mass is 10.1. The number of benzene rings is 1. The predicted octanol–water partition coefficient (Wildman–Crippen LogP) is 3.38. The number of rotatable bonds is 3. The van der Waals surface area contributed by atoms with Gasteiger partial charge in [0.1, 0.15) is 11.0 Å². The molecule has 0 atom stereocenters. The fraction of sp³-hybridized carbons (Fsp3) is 0.167. The second-order valence-corrected chi connectivity index (χ2v) is 4.28. The van der Waals surface area contributed by atoms with Crippen LogP contribution in [0.3, 0.4) is 0 Å². The zero-order valence-corrected chi connectivity index (χ0v) is 10.7. The van der Waals surface area contributed by atoms with E-state index in [1.165, 1.54) is 0 Å². The van der Waals surface area contributed by atoms with Gasteiger partial charge in [-0.15, -0.1) is 0 Å². The lowest BCUT2D eigenvalue weighted by Gasteiger charge is -2.04. The molecule has 0 radical (unpaired) electrons. The number of aromatic nitrogens is 2. The van der Waals surface area contributed by atoms with Crippen molar-refractivity contribution in [1.82, 2.24) is 9.97 Å². The van der Waals surface area contributed by atoms with Gasteiger partial charge in [0.15, 0.2) is 0 Å². The standard InChI is InChI=1S/C12H10Cl2N2O/c1-17-12-7-10(14)15-11(16-12)6-8-2-4-9(13)5-3-8/h2-5,7H,6H2,1H3. The van der Waals surface area contributed by atoms with E-state index in [2.05, 4.69) is 9.97 Å². The van der Waals surface area contributed by atoms with E-state index >= 15 is 0 Å². The first-order valence-corrected chi connectivity index (χ1v) is 5.75. The SMILES string of the molecule is COc1cc(Cl)nc(Cc2ccc(Cl)cc2)n1. The highest BCUT2D eigenvalue weighted by Crippen LogP contribution is 2.16. The molecule has 0 unspecified atom stereocenters. The highest BCUT2D eigenvalue weighted by molar-refractivity contribution is 6.30. The smallest absolute Gasteiger partial charge is 0.217 e. The summed E-state index contributed by atoms with van der Waals surface area (Å²) in [6, 6.07) is 9.10. The van der Waals surface area contributed by atoms with Gasteiger partial charge in [0.05, 0.1) is 7.11 Å². The Balaban J connectivity index is 2.23. The largest absolute Gasteiger partial charge is 0.481 e. The van der Waals surface area contributed by atoms with Crippen molar-refractivity contribution in [3.05, 3.63) is 51.9 Å². The van der Waals surface area contributed by atoms with Crippen LogP contribution in [0.2, 0.25) is 10.2 Å². The van der Waals surface area contributed by atoms with Crippen molar-refractivity contribution in [2.24, 2.45) is 0 Å². The number of methoxy groups -OCH3 is 1. The maximum Gasteiger partial charge on any atom is 0.217 e. The van der Waals surface area contributed by atoms with Crippen LogP contribution >= 0.6 is 23.2 Å². The van der Waals surface area contributed by atoms with Crippen molar-refractivity contribution in [1.29, 1.82) is 0 Å². The van der Waals surface area contributed by atoms with E-state index in [9.17, 15) is 0 Å². The molecule has 0 fully saturated rings. The molecule has 0 bridgehead atoms. The summed E-state index contributed by atoms with van der Waals surface area (Å²) in [6.07, 6.45) is 0.591. The maximum atomic E-state index is 5.87. The number of ether oxygens (including phenoxy) is 1. The first-order chi connectivity index (χ1) is 8.17. The predicted molar refractivity (Wildman–Crippen MR) is 67.9 cm³/mol. The van der Waals surface area contributed by atoms with Crippen LogP contribution in [0, 0.1) is 0 Å². The van der Waals surface area contributed by atoms with Crippen LogP contribution in [0.1, 0.15) is 11.4 Å². The van der Waals surface area contributed by atoms with Crippen LogP contribution in [0.15, 0.2) is 30.3 Å². The molecule has 0 N–H and O–H groups in total. The Hall–Kier alpha value is -1.32. The van der Waals surface area contributed by atoms with Gasteiger partial charge in [0.2, 0.25) is 5.88 Å². The van der Waals surface area contributed by atoms with Gasteiger partial charge in [0.25, 0.3) is 0 Å². The van der Waals surface area contributed by atoms with E-state index in [1.807, 2.05) is 24.3 Å². The van der Waals surface area contributed by atoms with Crippen LogP contribution in [0.4, 0.5) is 0 Å². The highest BCUT2D eigenvalue weighted by Gasteiger charge is 2.04. The average Bonchev–Trinajstić information content (AvgIpc) is 2.31. The van der Waals surface area contributed by atoms with Crippen molar-refractivity contribution in [2.45, 2.75) is 6.42 Å². The van der Waals surface area contributed by atoms with E-state index in [4.69, 9.17) is 27.9 Å². The van der Waals surface area contributed by atoms with Crippen LogP contribution in [0.5, 0.6) is 5.88 Å². The minimum absolute atomic E-state index is 0.376. The fourth-order valence-corrected chi connectivity index (χ4v) is 1.73. The van der Waals surface area contributed by atoms with Crippen LogP contribution in [0.25, 0.3) is 0 Å². The molecular weight excluding hydrogens is 259 g/mol. The molecule has 2 aromatic rings. The third-order valence-corrected chi connectivity index (χ3v) is 2.65. The second-order valence-electron chi connectivity index (χ2n) is 3.45. The Morgan fingerprint density at radius 1 is 1.12 bits per heavy atom. The van der Waals surface area contributed by atoms with Gasteiger partial charge in [-0.3, -0.25) is 0 Å². The van der Waals surface area contributed by atoms with Gasteiger partial charge in [-0.25, -0.2) is 4.98 Å². The second kappa shape index (κ2) is 5.34.